The van der Waals surface area contributed by atoms with Gasteiger partial charge in [-0.2, -0.15) is 0 Å². The summed E-state index contributed by atoms with van der Waals surface area (Å²) in [4.78, 5) is 30.0. The molecule has 0 fully saturated rings. The minimum atomic E-state index is -0.906. The summed E-state index contributed by atoms with van der Waals surface area (Å²) in [6, 6.07) is 12.5. The zero-order chi connectivity index (χ0) is 22.4. The number of thioether (sulfide) groups is 1. The molecule has 1 N–H and O–H groups in total. The van der Waals surface area contributed by atoms with Gasteiger partial charge in [-0.05, 0) is 35.9 Å². The molecule has 0 bridgehead atoms. The molecule has 0 atom stereocenters. The number of carbonyl (C=O) groups is 2. The zero-order valence-corrected chi connectivity index (χ0v) is 18.1. The van der Waals surface area contributed by atoms with Gasteiger partial charge < -0.3 is 19.3 Å². The van der Waals surface area contributed by atoms with E-state index in [1.54, 1.807) is 30.3 Å². The molecule has 0 spiro atoms. The minimum Gasteiger partial charge on any atom is -0.493 e. The molecule has 1 amide bonds. The SMILES string of the molecule is COc1cc(/C=C2\N=C(SCCC(=O)O)N(c3ccccc3)C2=O)cc(OC)c1OC. The number of anilines is 1. The number of aliphatic carboxylic acids is 1. The zero-order valence-electron chi connectivity index (χ0n) is 17.3. The highest BCUT2D eigenvalue weighted by molar-refractivity contribution is 8.14. The molecular formula is C22H22N2O6S. The van der Waals surface area contributed by atoms with Gasteiger partial charge >= 0.3 is 5.97 Å². The summed E-state index contributed by atoms with van der Waals surface area (Å²) in [7, 11) is 4.55. The summed E-state index contributed by atoms with van der Waals surface area (Å²) in [6.45, 7) is 0. The third kappa shape index (κ3) is 5.00. The van der Waals surface area contributed by atoms with Gasteiger partial charge in [-0.3, -0.25) is 14.5 Å². The lowest BCUT2D eigenvalue weighted by Crippen LogP contribution is -2.30. The number of benzene rings is 2. The topological polar surface area (TPSA) is 97.7 Å². The van der Waals surface area contributed by atoms with Crippen molar-refractivity contribution in [3.05, 3.63) is 53.7 Å². The number of ether oxygens (including phenoxy) is 3. The molecule has 0 radical (unpaired) electrons. The maximum Gasteiger partial charge on any atom is 0.304 e. The Morgan fingerprint density at radius 3 is 2.29 bits per heavy atom. The van der Waals surface area contributed by atoms with Crippen LogP contribution in [0.2, 0.25) is 0 Å². The first-order chi connectivity index (χ1) is 15.0. The number of para-hydroxylation sites is 1. The lowest BCUT2D eigenvalue weighted by atomic mass is 10.1. The Bertz CT molecular complexity index is 1010. The second-order valence-corrected chi connectivity index (χ2v) is 7.41. The second kappa shape index (κ2) is 10.0. The van der Waals surface area contributed by atoms with Crippen LogP contribution in [0.1, 0.15) is 12.0 Å². The third-order valence-electron chi connectivity index (χ3n) is 4.38. The summed E-state index contributed by atoms with van der Waals surface area (Å²) in [5.41, 5.74) is 1.52. The number of carboxylic acids is 1. The van der Waals surface area contributed by atoms with Crippen molar-refractivity contribution in [3.8, 4) is 17.2 Å². The number of hydrogen-bond donors (Lipinski definition) is 1. The summed E-state index contributed by atoms with van der Waals surface area (Å²) in [5.74, 6) is 0.444. The fraction of sp³-hybridized carbons (Fsp3) is 0.227. The number of hydrogen-bond acceptors (Lipinski definition) is 7. The normalized spacial score (nSPS) is 14.5. The average molecular weight is 442 g/mol. The van der Waals surface area contributed by atoms with Gasteiger partial charge in [0.2, 0.25) is 5.75 Å². The monoisotopic (exact) mass is 442 g/mol. The molecule has 0 aliphatic carbocycles. The number of amides is 1. The fourth-order valence-electron chi connectivity index (χ4n) is 2.97. The van der Waals surface area contributed by atoms with Crippen molar-refractivity contribution in [2.24, 2.45) is 4.99 Å². The van der Waals surface area contributed by atoms with E-state index in [0.717, 1.165) is 0 Å². The Labute approximate surface area is 184 Å². The number of rotatable bonds is 8. The largest absolute Gasteiger partial charge is 0.493 e. The van der Waals surface area contributed by atoms with E-state index in [2.05, 4.69) is 4.99 Å². The molecule has 2 aromatic carbocycles. The summed E-state index contributed by atoms with van der Waals surface area (Å²) < 4.78 is 16.1. The molecule has 1 heterocycles. The molecule has 0 saturated carbocycles. The van der Waals surface area contributed by atoms with Crippen molar-refractivity contribution in [1.29, 1.82) is 0 Å². The van der Waals surface area contributed by atoms with E-state index in [4.69, 9.17) is 19.3 Å². The van der Waals surface area contributed by atoms with Gasteiger partial charge in [-0.15, -0.1) is 0 Å². The molecule has 1 aliphatic heterocycles. The maximum absolute atomic E-state index is 13.2. The first kappa shape index (κ1) is 22.2. The lowest BCUT2D eigenvalue weighted by molar-refractivity contribution is -0.136. The van der Waals surface area contributed by atoms with Crippen LogP contribution >= 0.6 is 11.8 Å². The predicted octanol–water partition coefficient (Wildman–Crippen LogP) is 3.66. The standard InChI is InChI=1S/C22H22N2O6S/c1-28-17-12-14(13-18(29-2)20(17)30-3)11-16-21(27)24(15-7-5-4-6-8-15)22(23-16)31-10-9-19(25)26/h4-8,11-13H,9-10H2,1-3H3,(H,25,26)/b16-11-. The van der Waals surface area contributed by atoms with E-state index in [9.17, 15) is 9.59 Å². The van der Waals surface area contributed by atoms with Crippen LogP contribution in [0.3, 0.4) is 0 Å². The number of methoxy groups -OCH3 is 3. The van der Waals surface area contributed by atoms with Crippen LogP contribution in [-0.4, -0.2) is 49.2 Å². The summed E-state index contributed by atoms with van der Waals surface area (Å²) in [6.07, 6.45) is 1.60. The fourth-order valence-corrected chi connectivity index (χ4v) is 3.91. The predicted molar refractivity (Wildman–Crippen MR) is 120 cm³/mol. The Balaban J connectivity index is 2.00. The van der Waals surface area contributed by atoms with E-state index in [1.807, 2.05) is 18.2 Å². The molecule has 2 aromatic rings. The molecule has 3 rings (SSSR count). The minimum absolute atomic E-state index is 0.0353. The molecular weight excluding hydrogens is 420 g/mol. The van der Waals surface area contributed by atoms with Gasteiger partial charge in [0.05, 0.1) is 33.4 Å². The van der Waals surface area contributed by atoms with Crippen molar-refractivity contribution >= 4 is 40.6 Å². The Morgan fingerprint density at radius 1 is 1.10 bits per heavy atom. The number of carbonyl (C=O) groups excluding carboxylic acids is 1. The van der Waals surface area contributed by atoms with Gasteiger partial charge in [0, 0.05) is 5.75 Å². The van der Waals surface area contributed by atoms with Crippen LogP contribution in [0.25, 0.3) is 6.08 Å². The van der Waals surface area contributed by atoms with Gasteiger partial charge in [0.1, 0.15) is 5.70 Å². The smallest absolute Gasteiger partial charge is 0.304 e. The quantitative estimate of drug-likeness (QED) is 0.623. The Hall–Kier alpha value is -3.46. The number of aliphatic imine (C=N–C) groups is 1. The molecule has 0 saturated heterocycles. The highest BCUT2D eigenvalue weighted by atomic mass is 32.2. The van der Waals surface area contributed by atoms with Crippen LogP contribution in [0.4, 0.5) is 5.69 Å². The van der Waals surface area contributed by atoms with Crippen LogP contribution < -0.4 is 19.1 Å². The van der Waals surface area contributed by atoms with E-state index in [1.165, 1.54) is 38.0 Å². The van der Waals surface area contributed by atoms with Gasteiger partial charge in [0.25, 0.3) is 5.91 Å². The molecule has 162 valence electrons. The van der Waals surface area contributed by atoms with Crippen molar-refractivity contribution in [2.45, 2.75) is 6.42 Å². The van der Waals surface area contributed by atoms with Crippen molar-refractivity contribution in [1.82, 2.24) is 0 Å². The molecule has 8 nitrogen and oxygen atoms in total. The third-order valence-corrected chi connectivity index (χ3v) is 5.32. The van der Waals surface area contributed by atoms with Crippen molar-refractivity contribution in [3.63, 3.8) is 0 Å². The van der Waals surface area contributed by atoms with Gasteiger partial charge in [-0.25, -0.2) is 4.99 Å². The lowest BCUT2D eigenvalue weighted by Gasteiger charge is -2.17. The van der Waals surface area contributed by atoms with Gasteiger partial charge in [0.15, 0.2) is 16.7 Å². The molecule has 1 aliphatic rings. The van der Waals surface area contributed by atoms with Crippen LogP contribution in [0.5, 0.6) is 17.2 Å². The number of amidine groups is 1. The average Bonchev–Trinajstić information content (AvgIpc) is 3.08. The number of carboxylic acid groups (broad SMARTS) is 1. The van der Waals surface area contributed by atoms with Crippen molar-refractivity contribution < 1.29 is 28.9 Å². The Morgan fingerprint density at radius 2 is 1.74 bits per heavy atom. The summed E-state index contributed by atoms with van der Waals surface area (Å²) in [5, 5.41) is 9.36. The van der Waals surface area contributed by atoms with Gasteiger partial charge in [-0.1, -0.05) is 30.0 Å². The first-order valence-electron chi connectivity index (χ1n) is 9.33. The second-order valence-electron chi connectivity index (χ2n) is 6.35. The molecule has 0 aromatic heterocycles. The van der Waals surface area contributed by atoms with Crippen molar-refractivity contribution in [2.75, 3.05) is 32.0 Å². The van der Waals surface area contributed by atoms with E-state index in [-0.39, 0.29) is 18.0 Å². The van der Waals surface area contributed by atoms with E-state index < -0.39 is 5.97 Å². The molecule has 9 heteroatoms. The Kier molecular flexibility index (Phi) is 7.19. The summed E-state index contributed by atoms with van der Waals surface area (Å²) >= 11 is 1.22. The molecule has 31 heavy (non-hydrogen) atoms. The number of nitrogens with zero attached hydrogens (tertiary/aromatic N) is 2. The highest BCUT2D eigenvalue weighted by Gasteiger charge is 2.32. The molecule has 0 unspecified atom stereocenters. The van der Waals surface area contributed by atoms with E-state index in [0.29, 0.717) is 39.4 Å². The van der Waals surface area contributed by atoms with Crippen LogP contribution in [-0.2, 0) is 9.59 Å². The first-order valence-corrected chi connectivity index (χ1v) is 10.3. The maximum atomic E-state index is 13.2. The highest BCUT2D eigenvalue weighted by Crippen LogP contribution is 2.39. The van der Waals surface area contributed by atoms with E-state index >= 15 is 0 Å². The van der Waals surface area contributed by atoms with Crippen LogP contribution in [0.15, 0.2) is 53.2 Å². The van der Waals surface area contributed by atoms with Crippen LogP contribution in [0, 0.1) is 0 Å².